The van der Waals surface area contributed by atoms with Gasteiger partial charge in [-0.15, -0.1) is 22.7 Å². The number of halogens is 1. The molecule has 2 heterocycles. The molecule has 3 nitrogen and oxygen atoms in total. The molecule has 2 aromatic rings. The van der Waals surface area contributed by atoms with Gasteiger partial charge in [0, 0.05) is 18.5 Å². The molecular weight excluding hydrogens is 276 g/mol. The van der Waals surface area contributed by atoms with Crippen LogP contribution in [0.4, 0.5) is 5.13 Å². The fourth-order valence-corrected chi connectivity index (χ4v) is 3.31. The molecule has 0 aliphatic carbocycles. The zero-order valence-corrected chi connectivity index (χ0v) is 12.0. The van der Waals surface area contributed by atoms with Crippen LogP contribution in [0.25, 0.3) is 10.6 Å². The van der Waals surface area contributed by atoms with E-state index in [2.05, 4.69) is 17.2 Å². The second-order valence-electron chi connectivity index (χ2n) is 3.64. The molecule has 2 rings (SSSR count). The summed E-state index contributed by atoms with van der Waals surface area (Å²) in [5, 5.41) is 6.24. The number of hydrogen-bond donors (Lipinski definition) is 1. The zero-order valence-electron chi connectivity index (χ0n) is 9.57. The second-order valence-corrected chi connectivity index (χ2v) is 6.22. The van der Waals surface area contributed by atoms with E-state index in [0.717, 1.165) is 20.0 Å². The zero-order chi connectivity index (χ0) is 12.3. The molecule has 92 valence electrons. The fourth-order valence-electron chi connectivity index (χ4n) is 1.41. The molecule has 0 radical (unpaired) electrons. The first-order valence-electron chi connectivity index (χ1n) is 5.15. The molecule has 0 spiro atoms. The smallest absolute Gasteiger partial charge is 0.183 e. The van der Waals surface area contributed by atoms with Crippen LogP contribution < -0.4 is 5.32 Å². The average Bonchev–Trinajstić information content (AvgIpc) is 2.87. The summed E-state index contributed by atoms with van der Waals surface area (Å²) >= 11 is 9.04. The lowest BCUT2D eigenvalue weighted by Crippen LogP contribution is -2.20. The number of ether oxygens (including phenoxy) is 1. The molecule has 0 bridgehead atoms. The van der Waals surface area contributed by atoms with Gasteiger partial charge in [-0.25, -0.2) is 4.98 Å². The minimum Gasteiger partial charge on any atom is -0.383 e. The normalized spacial score (nSPS) is 12.6. The molecule has 2 aromatic heterocycles. The lowest BCUT2D eigenvalue weighted by molar-refractivity contribution is 0.190. The lowest BCUT2D eigenvalue weighted by atomic mass is 10.4. The average molecular weight is 289 g/mol. The highest BCUT2D eigenvalue weighted by Crippen LogP contribution is 2.32. The third-order valence-corrected chi connectivity index (χ3v) is 4.14. The molecule has 1 atom stereocenters. The Morgan fingerprint density at radius 3 is 3.00 bits per heavy atom. The SMILES string of the molecule is COC[C@@H](C)Nc1nc(-c2ccc(Cl)s2)cs1. The third-order valence-electron chi connectivity index (χ3n) is 2.12. The van der Waals surface area contributed by atoms with Crippen LogP contribution in [0.5, 0.6) is 0 Å². The number of nitrogens with zero attached hydrogens (tertiary/aromatic N) is 1. The highest BCUT2D eigenvalue weighted by atomic mass is 35.5. The first-order chi connectivity index (χ1) is 8.19. The highest BCUT2D eigenvalue weighted by molar-refractivity contribution is 7.20. The first kappa shape index (κ1) is 12.8. The van der Waals surface area contributed by atoms with Crippen molar-refractivity contribution in [3.05, 3.63) is 21.8 Å². The summed E-state index contributed by atoms with van der Waals surface area (Å²) in [6.45, 7) is 2.73. The Morgan fingerprint density at radius 1 is 1.53 bits per heavy atom. The number of aromatic nitrogens is 1. The molecule has 1 N–H and O–H groups in total. The predicted octanol–water partition coefficient (Wildman–Crippen LogP) is 3.97. The molecule has 0 saturated carbocycles. The van der Waals surface area contributed by atoms with Crippen LogP contribution in [0.15, 0.2) is 17.5 Å². The van der Waals surface area contributed by atoms with Crippen molar-refractivity contribution < 1.29 is 4.74 Å². The van der Waals surface area contributed by atoms with E-state index in [1.807, 2.05) is 17.5 Å². The predicted molar refractivity (Wildman–Crippen MR) is 75.4 cm³/mol. The minimum absolute atomic E-state index is 0.255. The number of rotatable bonds is 5. The van der Waals surface area contributed by atoms with E-state index in [9.17, 15) is 0 Å². The van der Waals surface area contributed by atoms with Gasteiger partial charge in [-0.2, -0.15) is 0 Å². The van der Waals surface area contributed by atoms with Gasteiger partial charge >= 0.3 is 0 Å². The monoisotopic (exact) mass is 288 g/mol. The molecule has 6 heteroatoms. The fraction of sp³-hybridized carbons (Fsp3) is 0.364. The van der Waals surface area contributed by atoms with Crippen molar-refractivity contribution in [3.63, 3.8) is 0 Å². The molecule has 0 aromatic carbocycles. The lowest BCUT2D eigenvalue weighted by Gasteiger charge is -2.10. The van der Waals surface area contributed by atoms with E-state index in [1.54, 1.807) is 29.8 Å². The molecule has 0 saturated heterocycles. The number of nitrogens with one attached hydrogen (secondary N) is 1. The van der Waals surface area contributed by atoms with Gasteiger partial charge in [0.1, 0.15) is 0 Å². The van der Waals surface area contributed by atoms with E-state index >= 15 is 0 Å². The Labute approximate surface area is 113 Å². The van der Waals surface area contributed by atoms with Crippen molar-refractivity contribution in [3.8, 4) is 10.6 Å². The maximum Gasteiger partial charge on any atom is 0.183 e. The number of anilines is 1. The number of thiazole rings is 1. The van der Waals surface area contributed by atoms with E-state index in [4.69, 9.17) is 16.3 Å². The molecule has 0 fully saturated rings. The Hall–Kier alpha value is -0.620. The van der Waals surface area contributed by atoms with Crippen LogP contribution in [0.1, 0.15) is 6.92 Å². The summed E-state index contributed by atoms with van der Waals surface area (Å²) in [7, 11) is 1.69. The summed E-state index contributed by atoms with van der Waals surface area (Å²) in [6, 6.07) is 4.14. The van der Waals surface area contributed by atoms with Gasteiger partial charge in [-0.1, -0.05) is 11.6 Å². The van der Waals surface area contributed by atoms with Crippen molar-refractivity contribution in [2.24, 2.45) is 0 Å². The molecule has 0 aliphatic heterocycles. The Morgan fingerprint density at radius 2 is 2.35 bits per heavy atom. The van der Waals surface area contributed by atoms with Crippen molar-refractivity contribution in [1.82, 2.24) is 4.98 Å². The van der Waals surface area contributed by atoms with Gasteiger partial charge in [0.2, 0.25) is 0 Å². The van der Waals surface area contributed by atoms with Crippen molar-refractivity contribution in [2.75, 3.05) is 19.0 Å². The third kappa shape index (κ3) is 3.42. The van der Waals surface area contributed by atoms with Crippen LogP contribution >= 0.6 is 34.3 Å². The van der Waals surface area contributed by atoms with Gasteiger partial charge in [0.05, 0.1) is 21.5 Å². The molecule has 0 unspecified atom stereocenters. The van der Waals surface area contributed by atoms with E-state index in [0.29, 0.717) is 6.61 Å². The summed E-state index contributed by atoms with van der Waals surface area (Å²) in [4.78, 5) is 5.62. The second kappa shape index (κ2) is 5.82. The van der Waals surface area contributed by atoms with Gasteiger partial charge in [-0.3, -0.25) is 0 Å². The first-order valence-corrected chi connectivity index (χ1v) is 7.23. The summed E-state index contributed by atoms with van der Waals surface area (Å²) in [6.07, 6.45) is 0. The largest absolute Gasteiger partial charge is 0.383 e. The van der Waals surface area contributed by atoms with Crippen molar-refractivity contribution >= 4 is 39.4 Å². The van der Waals surface area contributed by atoms with Gasteiger partial charge < -0.3 is 10.1 Å². The maximum absolute atomic E-state index is 5.90. The van der Waals surface area contributed by atoms with Crippen LogP contribution in [0, 0.1) is 0 Å². The topological polar surface area (TPSA) is 34.1 Å². The standard InChI is InChI=1S/C11H13ClN2OS2/c1-7(5-15-2)13-11-14-8(6-16-11)9-3-4-10(12)17-9/h3-4,6-7H,5H2,1-2H3,(H,13,14)/t7-/m1/s1. The Balaban J connectivity index is 2.05. The van der Waals surface area contributed by atoms with Crippen LogP contribution in [-0.2, 0) is 4.74 Å². The number of thiophene rings is 1. The maximum atomic E-state index is 5.90. The molecular formula is C11H13ClN2OS2. The van der Waals surface area contributed by atoms with E-state index in [-0.39, 0.29) is 6.04 Å². The van der Waals surface area contributed by atoms with Crippen LogP contribution in [-0.4, -0.2) is 24.7 Å². The van der Waals surface area contributed by atoms with Gasteiger partial charge in [-0.05, 0) is 19.1 Å². The molecule has 17 heavy (non-hydrogen) atoms. The summed E-state index contributed by atoms with van der Waals surface area (Å²) in [5.74, 6) is 0. The van der Waals surface area contributed by atoms with E-state index < -0.39 is 0 Å². The van der Waals surface area contributed by atoms with Crippen molar-refractivity contribution in [1.29, 1.82) is 0 Å². The highest BCUT2D eigenvalue weighted by Gasteiger charge is 2.08. The van der Waals surface area contributed by atoms with E-state index in [1.165, 1.54) is 0 Å². The molecule has 0 amide bonds. The van der Waals surface area contributed by atoms with Gasteiger partial charge in [0.25, 0.3) is 0 Å². The summed E-state index contributed by atoms with van der Waals surface area (Å²) < 4.78 is 5.86. The summed E-state index contributed by atoms with van der Waals surface area (Å²) in [5.41, 5.74) is 0.971. The minimum atomic E-state index is 0.255. The van der Waals surface area contributed by atoms with Gasteiger partial charge in [0.15, 0.2) is 5.13 Å². The van der Waals surface area contributed by atoms with Crippen LogP contribution in [0.3, 0.4) is 0 Å². The number of methoxy groups -OCH3 is 1. The quantitative estimate of drug-likeness (QED) is 0.904. The Bertz CT molecular complexity index is 483. The van der Waals surface area contributed by atoms with Crippen LogP contribution in [0.2, 0.25) is 4.34 Å². The number of hydrogen-bond acceptors (Lipinski definition) is 5. The van der Waals surface area contributed by atoms with Crippen molar-refractivity contribution in [2.45, 2.75) is 13.0 Å². The Kier molecular flexibility index (Phi) is 4.39. The molecule has 0 aliphatic rings.